The van der Waals surface area contributed by atoms with E-state index in [9.17, 15) is 12.9 Å². The summed E-state index contributed by atoms with van der Waals surface area (Å²) < 4.78 is 33.5. The van der Waals surface area contributed by atoms with Gasteiger partial charge in [0.25, 0.3) is 10.0 Å². The summed E-state index contributed by atoms with van der Waals surface area (Å²) in [5.41, 5.74) is 0.770. The first-order chi connectivity index (χ1) is 5.56. The fourth-order valence-electron chi connectivity index (χ4n) is 0.827. The SMILES string of the molecule is Cc1cccc(S(=O)(=O)NF)c1. The molecule has 0 heterocycles. The summed E-state index contributed by atoms with van der Waals surface area (Å²) in [4.78, 5) is 0.692. The van der Waals surface area contributed by atoms with Gasteiger partial charge in [-0.25, -0.2) is 8.42 Å². The van der Waals surface area contributed by atoms with Crippen LogP contribution in [0.1, 0.15) is 5.56 Å². The van der Waals surface area contributed by atoms with Gasteiger partial charge in [0.1, 0.15) is 0 Å². The molecule has 0 unspecified atom stereocenters. The highest BCUT2D eigenvalue weighted by atomic mass is 32.2. The molecule has 0 spiro atoms. The highest BCUT2D eigenvalue weighted by molar-refractivity contribution is 7.89. The number of halogens is 1. The van der Waals surface area contributed by atoms with Crippen molar-refractivity contribution >= 4 is 10.0 Å². The summed E-state index contributed by atoms with van der Waals surface area (Å²) in [6, 6.07) is 6.01. The smallest absolute Gasteiger partial charge is 0.205 e. The first-order valence-electron chi connectivity index (χ1n) is 3.25. The third kappa shape index (κ3) is 1.80. The zero-order valence-corrected chi connectivity index (χ0v) is 7.23. The lowest BCUT2D eigenvalue weighted by Crippen LogP contribution is -2.14. The average Bonchev–Trinajstić information content (AvgIpc) is 2.05. The van der Waals surface area contributed by atoms with Crippen LogP contribution >= 0.6 is 0 Å². The van der Waals surface area contributed by atoms with Crippen LogP contribution in [0.25, 0.3) is 0 Å². The Morgan fingerprint density at radius 1 is 1.42 bits per heavy atom. The molecule has 0 aliphatic carbocycles. The Balaban J connectivity index is 3.21. The summed E-state index contributed by atoms with van der Waals surface area (Å²) in [5, 5.41) is 0. The second-order valence-corrected chi connectivity index (χ2v) is 4.03. The number of hydrogen-bond donors (Lipinski definition) is 1. The molecule has 0 radical (unpaired) electrons. The van der Waals surface area contributed by atoms with Crippen molar-refractivity contribution in [2.24, 2.45) is 0 Å². The highest BCUT2D eigenvalue weighted by Gasteiger charge is 2.12. The van der Waals surface area contributed by atoms with Gasteiger partial charge in [-0.2, -0.15) is 0 Å². The van der Waals surface area contributed by atoms with E-state index in [0.29, 0.717) is 0 Å². The lowest BCUT2D eigenvalue weighted by atomic mass is 10.2. The molecular weight excluding hydrogens is 181 g/mol. The fourth-order valence-corrected chi connectivity index (χ4v) is 1.51. The fraction of sp³-hybridized carbons (Fsp3) is 0.143. The molecule has 0 amide bonds. The van der Waals surface area contributed by atoms with Gasteiger partial charge in [0, 0.05) is 0 Å². The molecule has 12 heavy (non-hydrogen) atoms. The van der Waals surface area contributed by atoms with E-state index in [4.69, 9.17) is 0 Å². The van der Waals surface area contributed by atoms with Crippen molar-refractivity contribution in [1.82, 2.24) is 4.94 Å². The predicted octanol–water partition coefficient (Wildman–Crippen LogP) is 1.16. The second kappa shape index (κ2) is 3.20. The van der Waals surface area contributed by atoms with Crippen molar-refractivity contribution in [3.05, 3.63) is 29.8 Å². The molecule has 0 bridgehead atoms. The van der Waals surface area contributed by atoms with E-state index in [1.807, 2.05) is 0 Å². The average molecular weight is 189 g/mol. The van der Waals surface area contributed by atoms with Gasteiger partial charge in [0.15, 0.2) is 0 Å². The second-order valence-electron chi connectivity index (χ2n) is 2.40. The zero-order valence-electron chi connectivity index (χ0n) is 6.41. The van der Waals surface area contributed by atoms with E-state index in [0.717, 1.165) is 10.5 Å². The Labute approximate surface area is 70.2 Å². The minimum atomic E-state index is -3.94. The molecule has 0 saturated heterocycles. The first-order valence-corrected chi connectivity index (χ1v) is 4.74. The monoisotopic (exact) mass is 189 g/mol. The minimum Gasteiger partial charge on any atom is -0.205 e. The van der Waals surface area contributed by atoms with E-state index in [2.05, 4.69) is 0 Å². The van der Waals surface area contributed by atoms with Crippen LogP contribution in [0.3, 0.4) is 0 Å². The van der Waals surface area contributed by atoms with Crippen molar-refractivity contribution in [3.63, 3.8) is 0 Å². The first kappa shape index (κ1) is 9.15. The number of rotatable bonds is 2. The summed E-state index contributed by atoms with van der Waals surface area (Å²) in [6.07, 6.45) is 0. The van der Waals surface area contributed by atoms with E-state index in [1.165, 1.54) is 12.1 Å². The maximum atomic E-state index is 11.8. The Morgan fingerprint density at radius 2 is 2.08 bits per heavy atom. The van der Waals surface area contributed by atoms with Crippen molar-refractivity contribution in [2.75, 3.05) is 0 Å². The number of hydrogen-bond acceptors (Lipinski definition) is 2. The lowest BCUT2D eigenvalue weighted by Gasteiger charge is -1.99. The summed E-state index contributed by atoms with van der Waals surface area (Å²) in [6.45, 7) is 1.73. The van der Waals surface area contributed by atoms with Crippen molar-refractivity contribution in [3.8, 4) is 0 Å². The van der Waals surface area contributed by atoms with Crippen LogP contribution < -0.4 is 4.94 Å². The molecule has 0 aromatic heterocycles. The molecule has 1 rings (SSSR count). The van der Waals surface area contributed by atoms with Crippen molar-refractivity contribution in [1.29, 1.82) is 0 Å². The van der Waals surface area contributed by atoms with Crippen LogP contribution in [0.4, 0.5) is 4.48 Å². The van der Waals surface area contributed by atoms with Gasteiger partial charge < -0.3 is 0 Å². The Kier molecular flexibility index (Phi) is 2.44. The van der Waals surface area contributed by atoms with E-state index in [-0.39, 0.29) is 4.90 Å². The molecule has 0 fully saturated rings. The van der Waals surface area contributed by atoms with Gasteiger partial charge in [-0.05, 0) is 29.6 Å². The van der Waals surface area contributed by atoms with Crippen LogP contribution in [0.5, 0.6) is 0 Å². The van der Waals surface area contributed by atoms with Gasteiger partial charge in [-0.1, -0.05) is 12.1 Å². The van der Waals surface area contributed by atoms with Gasteiger partial charge in [0.05, 0.1) is 4.90 Å². The van der Waals surface area contributed by atoms with E-state index in [1.54, 1.807) is 19.1 Å². The molecule has 0 aliphatic heterocycles. The summed E-state index contributed by atoms with van der Waals surface area (Å²) in [7, 11) is -3.94. The topological polar surface area (TPSA) is 46.2 Å². The van der Waals surface area contributed by atoms with Crippen LogP contribution in [-0.4, -0.2) is 8.42 Å². The van der Waals surface area contributed by atoms with Gasteiger partial charge in [-0.3, -0.25) is 0 Å². The van der Waals surface area contributed by atoms with Gasteiger partial charge in [-0.15, -0.1) is 4.48 Å². The zero-order chi connectivity index (χ0) is 9.19. The number of benzene rings is 1. The summed E-state index contributed by atoms with van der Waals surface area (Å²) in [5.74, 6) is 0. The largest absolute Gasteiger partial charge is 0.266 e. The third-order valence-electron chi connectivity index (χ3n) is 1.40. The summed E-state index contributed by atoms with van der Waals surface area (Å²) >= 11 is 0. The molecule has 1 aromatic carbocycles. The van der Waals surface area contributed by atoms with Crippen molar-refractivity contribution < 1.29 is 12.9 Å². The Bertz CT molecular complexity index is 375. The predicted molar refractivity (Wildman–Crippen MR) is 42.6 cm³/mol. The van der Waals surface area contributed by atoms with E-state index < -0.39 is 10.0 Å². The Morgan fingerprint density at radius 3 is 2.58 bits per heavy atom. The maximum Gasteiger partial charge on any atom is 0.266 e. The molecule has 1 aromatic rings. The lowest BCUT2D eigenvalue weighted by molar-refractivity contribution is 0.425. The van der Waals surface area contributed by atoms with Crippen LogP contribution in [0.2, 0.25) is 0 Å². The molecular formula is C7H8FNO2S. The van der Waals surface area contributed by atoms with Crippen LogP contribution in [0.15, 0.2) is 29.2 Å². The molecule has 0 atom stereocenters. The molecule has 5 heteroatoms. The highest BCUT2D eigenvalue weighted by Crippen LogP contribution is 2.09. The van der Waals surface area contributed by atoms with Gasteiger partial charge in [0.2, 0.25) is 0 Å². The normalized spacial score (nSPS) is 11.5. The molecule has 0 saturated carbocycles. The van der Waals surface area contributed by atoms with Crippen LogP contribution in [0, 0.1) is 6.92 Å². The third-order valence-corrected chi connectivity index (χ3v) is 2.48. The van der Waals surface area contributed by atoms with E-state index >= 15 is 0 Å². The standard InChI is InChI=1S/C7H8FNO2S/c1-6-3-2-4-7(5-6)12(10,11)9-8/h2-5,9H,1H3. The Hall–Kier alpha value is -0.940. The number of aryl methyl sites for hydroxylation is 1. The molecule has 1 N–H and O–H groups in total. The van der Waals surface area contributed by atoms with Gasteiger partial charge >= 0.3 is 0 Å². The molecule has 0 aliphatic rings. The number of nitrogens with one attached hydrogen (secondary N) is 1. The molecule has 3 nitrogen and oxygen atoms in total. The van der Waals surface area contributed by atoms with Crippen LogP contribution in [-0.2, 0) is 10.0 Å². The molecule has 66 valence electrons. The van der Waals surface area contributed by atoms with Crippen molar-refractivity contribution in [2.45, 2.75) is 11.8 Å². The quantitative estimate of drug-likeness (QED) is 0.709. The minimum absolute atomic E-state index is 0.0648. The number of sulfonamides is 1. The maximum absolute atomic E-state index is 11.8.